The summed E-state index contributed by atoms with van der Waals surface area (Å²) in [5.74, 6) is -1.20. The van der Waals surface area contributed by atoms with E-state index >= 15 is 0 Å². The summed E-state index contributed by atoms with van der Waals surface area (Å²) in [5, 5.41) is 9.82. The fourth-order valence-corrected chi connectivity index (χ4v) is 2.74. The van der Waals surface area contributed by atoms with Crippen molar-refractivity contribution in [2.24, 2.45) is 16.6 Å². The van der Waals surface area contributed by atoms with Gasteiger partial charge in [-0.25, -0.2) is 28.4 Å². The minimum absolute atomic E-state index is 0.0130. The zero-order chi connectivity index (χ0) is 34.4. The molecule has 240 valence electrons. The first kappa shape index (κ1) is 44.7. The number of aromatic nitrogens is 2. The first-order valence-electron chi connectivity index (χ1n) is 13.4. The molecule has 0 bridgehead atoms. The van der Waals surface area contributed by atoms with Crippen LogP contribution in [0.15, 0.2) is 12.1 Å². The zero-order valence-corrected chi connectivity index (χ0v) is 29.1. The molecule has 13 heteroatoms. The molecule has 2 aromatic rings. The average molecular weight is 662 g/mol. The molecule has 3 N–H and O–H groups in total. The molecule has 0 aliphatic carbocycles. The Morgan fingerprint density at radius 2 is 1.23 bits per heavy atom. The molecule has 0 aliphatic rings. The van der Waals surface area contributed by atoms with Gasteiger partial charge < -0.3 is 16.0 Å². The van der Waals surface area contributed by atoms with Gasteiger partial charge >= 0.3 is 0 Å². The van der Waals surface area contributed by atoms with E-state index in [1.807, 2.05) is 20.8 Å². The maximum atomic E-state index is 13.5. The van der Waals surface area contributed by atoms with Crippen LogP contribution in [0.5, 0.6) is 0 Å². The molecule has 43 heavy (non-hydrogen) atoms. The summed E-state index contributed by atoms with van der Waals surface area (Å²) in [7, 11) is 0. The van der Waals surface area contributed by atoms with Crippen LogP contribution in [0.3, 0.4) is 0 Å². The topological polar surface area (TPSA) is 99.6 Å². The molecular weight excluding hydrogens is 617 g/mol. The summed E-state index contributed by atoms with van der Waals surface area (Å²) < 4.78 is 26.0. The smallest absolute Gasteiger partial charge is 0.226 e. The molecule has 0 atom stereocenters. The van der Waals surface area contributed by atoms with Crippen molar-refractivity contribution in [3.8, 4) is 6.07 Å². The summed E-state index contributed by atoms with van der Waals surface area (Å²) in [6, 6.07) is 3.79. The van der Waals surface area contributed by atoms with Gasteiger partial charge in [0.2, 0.25) is 11.4 Å². The molecule has 0 unspecified atom stereocenters. The number of hydrogen-bond donors (Lipinski definition) is 2. The summed E-state index contributed by atoms with van der Waals surface area (Å²) in [6.07, 6.45) is 0. The summed E-state index contributed by atoms with van der Waals surface area (Å²) in [6.45, 7) is 38.6. The van der Waals surface area contributed by atoms with Gasteiger partial charge in [0.05, 0.1) is 19.2 Å². The highest BCUT2D eigenvalue weighted by Gasteiger charge is 2.14. The van der Waals surface area contributed by atoms with Crippen molar-refractivity contribution in [1.29, 1.82) is 5.26 Å². The largest absolute Gasteiger partial charge is 0.367 e. The Labute approximate surface area is 272 Å². The normalized spacial score (nSPS) is 10.0. The second-order valence-electron chi connectivity index (χ2n) is 10.9. The predicted molar refractivity (Wildman–Crippen MR) is 177 cm³/mol. The molecule has 0 saturated heterocycles. The van der Waals surface area contributed by atoms with Crippen LogP contribution in [0, 0.1) is 46.9 Å². The molecule has 0 spiro atoms. The lowest BCUT2D eigenvalue weighted by Crippen LogP contribution is -2.21. The summed E-state index contributed by atoms with van der Waals surface area (Å²) >= 11 is 16.4. The van der Waals surface area contributed by atoms with Gasteiger partial charge in [-0.05, 0) is 49.1 Å². The van der Waals surface area contributed by atoms with Crippen LogP contribution in [0.1, 0.15) is 69.2 Å². The molecule has 2 aromatic heterocycles. The molecule has 2 rings (SSSR count). The number of halogens is 5. The average Bonchev–Trinajstić information content (AvgIpc) is 2.92. The van der Waals surface area contributed by atoms with Gasteiger partial charge in [-0.1, -0.05) is 97.1 Å². The van der Waals surface area contributed by atoms with Gasteiger partial charge in [0.1, 0.15) is 16.1 Å². The minimum atomic E-state index is -0.734. The van der Waals surface area contributed by atoms with Gasteiger partial charge in [-0.3, -0.25) is 0 Å². The van der Waals surface area contributed by atoms with Crippen LogP contribution in [0.4, 0.5) is 26.0 Å². The predicted octanol–water partition coefficient (Wildman–Crippen LogP) is 9.83. The number of nitriles is 1. The maximum absolute atomic E-state index is 13.5. The van der Waals surface area contributed by atoms with E-state index in [2.05, 4.69) is 71.4 Å². The number of nitrogens with zero attached hydrogens (tertiary/aromatic N) is 6. The fourth-order valence-electron chi connectivity index (χ4n) is 2.19. The second-order valence-corrected chi connectivity index (χ2v) is 12.0. The van der Waals surface area contributed by atoms with E-state index < -0.39 is 11.6 Å². The SMILES string of the molecule is CC#N.CC(C)(C)CN.CCN(CC)CC.[C-]#[N+]c1cc(F)c(Cl)nc1Cl.[C-]#[N+]c1cc(F)c(NCC(C)(C)C)nc1Cl. The highest BCUT2D eigenvalue weighted by Crippen LogP contribution is 2.28. The molecule has 0 aliphatic heterocycles. The molecule has 8 nitrogen and oxygen atoms in total. The third-order valence-corrected chi connectivity index (χ3v) is 5.58. The molecule has 2 heterocycles. The Morgan fingerprint density at radius 1 is 0.860 bits per heavy atom. The highest BCUT2D eigenvalue weighted by molar-refractivity contribution is 6.34. The van der Waals surface area contributed by atoms with E-state index in [9.17, 15) is 8.78 Å². The lowest BCUT2D eigenvalue weighted by Gasteiger charge is -2.19. The molecule has 0 amide bonds. The number of anilines is 1. The number of nitrogens with one attached hydrogen (secondary N) is 1. The molecular formula is C30H45Cl3F2N8. The quantitative estimate of drug-likeness (QED) is 0.244. The standard InChI is InChI=1S/C11H13ClFN3.C6HCl2FN2.C6H15N.C5H13N.C2H3N/c1-11(2,3)6-15-10-7(13)5-8(14-4)9(12)16-10;1-10-4-2-3(9)5(7)11-6(4)8;1-4-7(5-2)6-3;1-5(2,3)4-6;1-2-3/h5H,6H2,1-3H3,(H,15,16);2H;4-6H2,1-3H3;4,6H2,1-3H3;1H3. The van der Waals surface area contributed by atoms with E-state index in [-0.39, 0.29) is 38.1 Å². The van der Waals surface area contributed by atoms with Crippen LogP contribution in [-0.2, 0) is 0 Å². The van der Waals surface area contributed by atoms with Crippen LogP contribution >= 0.6 is 34.8 Å². The van der Waals surface area contributed by atoms with Gasteiger partial charge in [-0.15, -0.1) is 0 Å². The summed E-state index contributed by atoms with van der Waals surface area (Å²) in [4.78, 5) is 15.6. The third-order valence-electron chi connectivity index (χ3n) is 4.76. The molecule has 0 fully saturated rings. The van der Waals surface area contributed by atoms with Gasteiger partial charge in [0.25, 0.3) is 0 Å². The van der Waals surface area contributed by atoms with Crippen molar-refractivity contribution in [2.75, 3.05) is 38.0 Å². The number of hydrogen-bond acceptors (Lipinski definition) is 6. The number of nitrogens with two attached hydrogens (primary N) is 1. The van der Waals surface area contributed by atoms with Gasteiger partial charge in [0.15, 0.2) is 16.8 Å². The monoisotopic (exact) mass is 660 g/mol. The lowest BCUT2D eigenvalue weighted by molar-refractivity contribution is 0.321. The Morgan fingerprint density at radius 3 is 1.53 bits per heavy atom. The Balaban J connectivity index is -0.000000515. The van der Waals surface area contributed by atoms with Crippen molar-refractivity contribution in [1.82, 2.24) is 14.9 Å². The third kappa shape index (κ3) is 23.4. The minimum Gasteiger partial charge on any atom is -0.367 e. The van der Waals surface area contributed by atoms with Crippen molar-refractivity contribution >= 4 is 52.0 Å². The van der Waals surface area contributed by atoms with Crippen molar-refractivity contribution in [3.63, 3.8) is 0 Å². The highest BCUT2D eigenvalue weighted by atomic mass is 35.5. The van der Waals surface area contributed by atoms with E-state index in [4.69, 9.17) is 58.9 Å². The molecule has 0 aromatic carbocycles. The first-order chi connectivity index (χ1) is 19.8. The van der Waals surface area contributed by atoms with Gasteiger partial charge in [-0.2, -0.15) is 5.26 Å². The maximum Gasteiger partial charge on any atom is 0.226 e. The van der Waals surface area contributed by atoms with E-state index in [1.165, 1.54) is 26.6 Å². The second kappa shape index (κ2) is 23.6. The van der Waals surface area contributed by atoms with Crippen molar-refractivity contribution < 1.29 is 8.78 Å². The molecule has 0 saturated carbocycles. The number of pyridine rings is 2. The zero-order valence-electron chi connectivity index (χ0n) is 26.8. The van der Waals surface area contributed by atoms with Crippen LogP contribution in [-0.4, -0.2) is 47.6 Å². The van der Waals surface area contributed by atoms with Crippen molar-refractivity contribution in [2.45, 2.75) is 69.2 Å². The lowest BCUT2D eigenvalue weighted by atomic mass is 9.97. The van der Waals surface area contributed by atoms with E-state index in [1.54, 1.807) is 6.07 Å². The summed E-state index contributed by atoms with van der Waals surface area (Å²) in [5.41, 5.74) is 5.63. The van der Waals surface area contributed by atoms with E-state index in [0.29, 0.717) is 12.0 Å². The van der Waals surface area contributed by atoms with Gasteiger partial charge in [0, 0.05) is 13.5 Å². The van der Waals surface area contributed by atoms with Crippen LogP contribution in [0.2, 0.25) is 15.5 Å². The Bertz CT molecular complexity index is 1200. The van der Waals surface area contributed by atoms with E-state index in [0.717, 1.165) is 18.7 Å². The number of rotatable bonds is 5. The fraction of sp³-hybridized carbons (Fsp3) is 0.567. The Hall–Kier alpha value is -2.78. The molecule has 0 radical (unpaired) electrons. The van der Waals surface area contributed by atoms with Crippen molar-refractivity contribution in [3.05, 3.63) is 62.1 Å². The Kier molecular flexibility index (Phi) is 24.6. The van der Waals surface area contributed by atoms with Crippen LogP contribution < -0.4 is 11.1 Å². The first-order valence-corrected chi connectivity index (χ1v) is 14.5. The van der Waals surface area contributed by atoms with Crippen LogP contribution in [0.25, 0.3) is 9.69 Å².